The van der Waals surface area contributed by atoms with Crippen LogP contribution in [0.2, 0.25) is 5.02 Å². The van der Waals surface area contributed by atoms with Crippen LogP contribution in [0, 0.1) is 9.39 Å². The summed E-state index contributed by atoms with van der Waals surface area (Å²) in [6, 6.07) is 4.30. The third-order valence-electron chi connectivity index (χ3n) is 1.84. The molecule has 0 atom stereocenters. The maximum Gasteiger partial charge on any atom is 0.182 e. The summed E-state index contributed by atoms with van der Waals surface area (Å²) in [7, 11) is 0. The van der Waals surface area contributed by atoms with Crippen molar-refractivity contribution in [3.05, 3.63) is 32.6 Å². The van der Waals surface area contributed by atoms with Crippen LogP contribution in [-0.2, 0) is 0 Å². The molecule has 1 aromatic heterocycles. The quantitative estimate of drug-likeness (QED) is 0.812. The van der Waals surface area contributed by atoms with Gasteiger partial charge >= 0.3 is 0 Å². The van der Waals surface area contributed by atoms with Gasteiger partial charge in [-0.3, -0.25) is 0 Å². The van der Waals surface area contributed by atoms with Crippen LogP contribution < -0.4 is 5.73 Å². The van der Waals surface area contributed by atoms with Gasteiger partial charge in [0.2, 0.25) is 0 Å². The van der Waals surface area contributed by atoms with Crippen molar-refractivity contribution in [1.82, 2.24) is 5.16 Å². The molecule has 1 heterocycles. The van der Waals surface area contributed by atoms with Crippen LogP contribution in [0.25, 0.3) is 11.3 Å². The lowest BCUT2D eigenvalue weighted by Gasteiger charge is -1.98. The first-order valence-electron chi connectivity index (χ1n) is 3.95. The number of halogens is 3. The molecule has 78 valence electrons. The number of nitrogen functional groups attached to an aromatic ring is 1. The zero-order valence-electron chi connectivity index (χ0n) is 7.30. The second kappa shape index (κ2) is 3.97. The SMILES string of the molecule is Nc1noc(-c2ccc(F)c(Cl)c2)c1I. The smallest absolute Gasteiger partial charge is 0.182 e. The van der Waals surface area contributed by atoms with Crippen molar-refractivity contribution in [1.29, 1.82) is 0 Å². The summed E-state index contributed by atoms with van der Waals surface area (Å²) in [5.41, 5.74) is 6.17. The van der Waals surface area contributed by atoms with E-state index in [0.29, 0.717) is 20.7 Å². The second-order valence-corrected chi connectivity index (χ2v) is 4.33. The topological polar surface area (TPSA) is 52.0 Å². The van der Waals surface area contributed by atoms with E-state index < -0.39 is 5.82 Å². The first kappa shape index (κ1) is 10.7. The molecular formula is C9H5ClFIN2O. The minimum atomic E-state index is -0.470. The van der Waals surface area contributed by atoms with Crippen molar-refractivity contribution < 1.29 is 8.91 Å². The predicted octanol–water partition coefficient (Wildman–Crippen LogP) is 3.32. The number of nitrogens with two attached hydrogens (primary N) is 1. The fourth-order valence-corrected chi connectivity index (χ4v) is 1.80. The Morgan fingerprint density at radius 3 is 2.73 bits per heavy atom. The second-order valence-electron chi connectivity index (χ2n) is 2.84. The molecule has 1 aromatic carbocycles. The standard InChI is InChI=1S/C9H5ClFIN2O/c10-5-3-4(1-2-6(5)11)8-7(12)9(13)14-15-8/h1-3H,(H2,13,14). The Kier molecular flexibility index (Phi) is 2.83. The number of rotatable bonds is 1. The van der Waals surface area contributed by atoms with Crippen LogP contribution in [-0.4, -0.2) is 5.16 Å². The van der Waals surface area contributed by atoms with Gasteiger partial charge in [-0.2, -0.15) is 0 Å². The molecule has 0 bridgehead atoms. The largest absolute Gasteiger partial charge is 0.380 e. The first-order chi connectivity index (χ1) is 7.09. The van der Waals surface area contributed by atoms with Gasteiger partial charge in [-0.15, -0.1) is 0 Å². The van der Waals surface area contributed by atoms with Gasteiger partial charge in [0.25, 0.3) is 0 Å². The van der Waals surface area contributed by atoms with Gasteiger partial charge < -0.3 is 10.3 Å². The molecule has 2 rings (SSSR count). The van der Waals surface area contributed by atoms with Crippen molar-refractivity contribution >= 4 is 40.0 Å². The van der Waals surface area contributed by atoms with Gasteiger partial charge in [-0.05, 0) is 40.8 Å². The van der Waals surface area contributed by atoms with Crippen LogP contribution in [0.4, 0.5) is 10.2 Å². The molecule has 0 spiro atoms. The fourth-order valence-electron chi connectivity index (χ4n) is 1.11. The average Bonchev–Trinajstić information content (AvgIpc) is 2.53. The lowest BCUT2D eigenvalue weighted by molar-refractivity contribution is 0.435. The molecule has 0 radical (unpaired) electrons. The van der Waals surface area contributed by atoms with Gasteiger partial charge in [0, 0.05) is 5.56 Å². The van der Waals surface area contributed by atoms with Crippen molar-refractivity contribution in [2.24, 2.45) is 0 Å². The summed E-state index contributed by atoms with van der Waals surface area (Å²) < 4.78 is 18.6. The molecule has 0 saturated heterocycles. The Balaban J connectivity index is 2.55. The highest BCUT2D eigenvalue weighted by Crippen LogP contribution is 2.31. The van der Waals surface area contributed by atoms with Gasteiger partial charge in [0.15, 0.2) is 11.6 Å². The van der Waals surface area contributed by atoms with E-state index in [1.54, 1.807) is 6.07 Å². The molecule has 0 aliphatic carbocycles. The lowest BCUT2D eigenvalue weighted by Crippen LogP contribution is -1.86. The monoisotopic (exact) mass is 338 g/mol. The Bertz CT molecular complexity index is 515. The van der Waals surface area contributed by atoms with E-state index in [9.17, 15) is 4.39 Å². The molecule has 0 saturated carbocycles. The number of benzene rings is 1. The summed E-state index contributed by atoms with van der Waals surface area (Å²) >= 11 is 7.66. The van der Waals surface area contributed by atoms with E-state index in [4.69, 9.17) is 21.9 Å². The number of nitrogens with zero attached hydrogens (tertiary/aromatic N) is 1. The maximum absolute atomic E-state index is 12.9. The third-order valence-corrected chi connectivity index (χ3v) is 3.17. The van der Waals surface area contributed by atoms with Crippen LogP contribution in [0.1, 0.15) is 0 Å². The van der Waals surface area contributed by atoms with Crippen molar-refractivity contribution in [2.75, 3.05) is 5.73 Å². The Morgan fingerprint density at radius 2 is 2.20 bits per heavy atom. The van der Waals surface area contributed by atoms with Gasteiger partial charge in [-0.1, -0.05) is 16.8 Å². The Labute approximate surface area is 104 Å². The molecule has 15 heavy (non-hydrogen) atoms. The Hall–Kier alpha value is -0.820. The van der Waals surface area contributed by atoms with E-state index in [1.807, 2.05) is 22.6 Å². The minimum absolute atomic E-state index is 0.0401. The highest BCUT2D eigenvalue weighted by atomic mass is 127. The van der Waals surface area contributed by atoms with Crippen LogP contribution >= 0.6 is 34.2 Å². The summed E-state index contributed by atoms with van der Waals surface area (Å²) in [6.07, 6.45) is 0. The zero-order chi connectivity index (χ0) is 11.0. The van der Waals surface area contributed by atoms with Gasteiger partial charge in [-0.25, -0.2) is 4.39 Å². The molecule has 0 aliphatic heterocycles. The van der Waals surface area contributed by atoms with Crippen molar-refractivity contribution in [3.8, 4) is 11.3 Å². The highest BCUT2D eigenvalue weighted by molar-refractivity contribution is 14.1. The lowest BCUT2D eigenvalue weighted by atomic mass is 10.2. The molecule has 6 heteroatoms. The predicted molar refractivity (Wildman–Crippen MR) is 64.0 cm³/mol. The number of hydrogen-bond acceptors (Lipinski definition) is 3. The number of anilines is 1. The maximum atomic E-state index is 12.9. The van der Waals surface area contributed by atoms with E-state index in [0.717, 1.165) is 0 Å². The zero-order valence-corrected chi connectivity index (χ0v) is 10.2. The summed E-state index contributed by atoms with van der Waals surface area (Å²) in [5, 5.41) is 3.64. The summed E-state index contributed by atoms with van der Waals surface area (Å²) in [4.78, 5) is 0. The molecule has 0 fully saturated rings. The summed E-state index contributed by atoms with van der Waals surface area (Å²) in [6.45, 7) is 0. The molecule has 0 amide bonds. The number of aromatic nitrogens is 1. The van der Waals surface area contributed by atoms with Gasteiger partial charge in [0.1, 0.15) is 9.39 Å². The molecule has 3 nitrogen and oxygen atoms in total. The van der Waals surface area contributed by atoms with Gasteiger partial charge in [0.05, 0.1) is 5.02 Å². The molecule has 2 N–H and O–H groups in total. The van der Waals surface area contributed by atoms with Crippen LogP contribution in [0.3, 0.4) is 0 Å². The number of hydrogen-bond donors (Lipinski definition) is 1. The van der Waals surface area contributed by atoms with E-state index in [1.165, 1.54) is 12.1 Å². The first-order valence-corrected chi connectivity index (χ1v) is 5.41. The van der Waals surface area contributed by atoms with E-state index in [-0.39, 0.29) is 5.02 Å². The fraction of sp³-hybridized carbons (Fsp3) is 0. The summed E-state index contributed by atoms with van der Waals surface area (Å²) in [5.74, 6) is 0.337. The molecule has 0 unspecified atom stereocenters. The molecule has 0 aliphatic rings. The van der Waals surface area contributed by atoms with E-state index >= 15 is 0 Å². The molecular weight excluding hydrogens is 333 g/mol. The molecule has 2 aromatic rings. The van der Waals surface area contributed by atoms with Crippen molar-refractivity contribution in [3.63, 3.8) is 0 Å². The van der Waals surface area contributed by atoms with Crippen LogP contribution in [0.15, 0.2) is 22.7 Å². The van der Waals surface area contributed by atoms with E-state index in [2.05, 4.69) is 5.16 Å². The van der Waals surface area contributed by atoms with Crippen molar-refractivity contribution in [2.45, 2.75) is 0 Å². The van der Waals surface area contributed by atoms with Crippen LogP contribution in [0.5, 0.6) is 0 Å². The highest BCUT2D eigenvalue weighted by Gasteiger charge is 2.14. The minimum Gasteiger partial charge on any atom is -0.380 e. The Morgan fingerprint density at radius 1 is 1.47 bits per heavy atom. The average molecular weight is 339 g/mol. The third kappa shape index (κ3) is 1.93. The normalized spacial score (nSPS) is 10.6.